The third-order valence-electron chi connectivity index (χ3n) is 5.29. The van der Waals surface area contributed by atoms with Crippen molar-refractivity contribution >= 4 is 33.4 Å². The summed E-state index contributed by atoms with van der Waals surface area (Å²) in [5, 5.41) is 13.7. The minimum Gasteiger partial charge on any atom is -0.350 e. The molecule has 0 radical (unpaired) electrons. The number of fused-ring (bicyclic) bond motifs is 1. The number of hydrogen-bond donors (Lipinski definition) is 1. The number of carbonyl (C=O) groups excluding carboxylic acids is 3. The molecule has 0 saturated carbocycles. The lowest BCUT2D eigenvalue weighted by molar-refractivity contribution is -0.385. The first-order valence-electron chi connectivity index (χ1n) is 9.92. The summed E-state index contributed by atoms with van der Waals surface area (Å²) in [5.41, 5.74) is -0.340. The van der Waals surface area contributed by atoms with E-state index >= 15 is 0 Å². The highest BCUT2D eigenvalue weighted by Crippen LogP contribution is 2.30. The third kappa shape index (κ3) is 4.61. The monoisotopic (exact) mass is 474 g/mol. The highest BCUT2D eigenvalue weighted by atomic mass is 32.2. The average molecular weight is 474 g/mol. The van der Waals surface area contributed by atoms with Crippen molar-refractivity contribution in [2.45, 2.75) is 31.3 Å². The molecular formula is C21H22N4O7S. The number of nitrogens with zero attached hydrogens (tertiary/aromatic N) is 3. The molecule has 2 aromatic carbocycles. The molecule has 0 bridgehead atoms. The van der Waals surface area contributed by atoms with Crippen LogP contribution >= 0.6 is 0 Å². The van der Waals surface area contributed by atoms with Gasteiger partial charge in [0.05, 0.1) is 15.4 Å². The summed E-state index contributed by atoms with van der Waals surface area (Å²) in [5.74, 6) is -2.33. The first kappa shape index (κ1) is 24.0. The second-order valence-corrected chi connectivity index (χ2v) is 9.69. The molecule has 3 amide bonds. The fourth-order valence-corrected chi connectivity index (χ4v) is 4.60. The number of imide groups is 1. The van der Waals surface area contributed by atoms with E-state index in [4.69, 9.17) is 0 Å². The van der Waals surface area contributed by atoms with Crippen LogP contribution in [0.15, 0.2) is 47.4 Å². The number of nitro benzene ring substituents is 1. The van der Waals surface area contributed by atoms with Gasteiger partial charge in [0.25, 0.3) is 17.5 Å². The molecule has 174 valence electrons. The minimum atomic E-state index is -3.63. The van der Waals surface area contributed by atoms with Crippen LogP contribution in [0.25, 0.3) is 0 Å². The summed E-state index contributed by atoms with van der Waals surface area (Å²) in [6.07, 6.45) is 0. The summed E-state index contributed by atoms with van der Waals surface area (Å²) >= 11 is 0. The average Bonchev–Trinajstić information content (AvgIpc) is 3.02. The van der Waals surface area contributed by atoms with Crippen LogP contribution in [0.3, 0.4) is 0 Å². The van der Waals surface area contributed by atoms with Crippen molar-refractivity contribution in [3.8, 4) is 0 Å². The number of hydrogen-bond acceptors (Lipinski definition) is 7. The second-order valence-electron chi connectivity index (χ2n) is 7.69. The molecule has 3 rings (SSSR count). The van der Waals surface area contributed by atoms with Crippen LogP contribution in [0, 0.1) is 10.1 Å². The van der Waals surface area contributed by atoms with Gasteiger partial charge in [0.1, 0.15) is 12.1 Å². The van der Waals surface area contributed by atoms with Crippen LogP contribution < -0.4 is 5.32 Å². The Morgan fingerprint density at radius 1 is 1.12 bits per heavy atom. The molecule has 11 nitrogen and oxygen atoms in total. The molecule has 12 heteroatoms. The lowest BCUT2D eigenvalue weighted by Gasteiger charge is -2.21. The van der Waals surface area contributed by atoms with Gasteiger partial charge in [-0.25, -0.2) is 8.42 Å². The number of rotatable bonds is 8. The first-order valence-corrected chi connectivity index (χ1v) is 11.4. The number of sulfonamides is 1. The van der Waals surface area contributed by atoms with Gasteiger partial charge in [0, 0.05) is 25.7 Å². The Kier molecular flexibility index (Phi) is 6.60. The SMILES string of the molecule is CC(C)N(C)S(=O)(=O)c1ccc(CNC(=O)CN2C(=O)c3cccc([N+](=O)[O-])c3C2=O)cc1. The standard InChI is InChI=1S/C21H22N4O7S/c1-13(2)23(3)33(31,32)15-9-7-14(8-10-15)11-22-18(26)12-24-20(27)16-5-4-6-17(25(29)30)19(16)21(24)28/h4-10,13H,11-12H2,1-3H3,(H,22,26). The maximum atomic E-state index is 12.5. The van der Waals surface area contributed by atoms with Crippen molar-refractivity contribution in [1.82, 2.24) is 14.5 Å². The van der Waals surface area contributed by atoms with Crippen molar-refractivity contribution in [2.75, 3.05) is 13.6 Å². The number of amides is 3. The van der Waals surface area contributed by atoms with Crippen LogP contribution in [0.4, 0.5) is 5.69 Å². The summed E-state index contributed by atoms with van der Waals surface area (Å²) in [7, 11) is -2.15. The van der Waals surface area contributed by atoms with Crippen LogP contribution in [-0.2, 0) is 21.4 Å². The predicted molar refractivity (Wildman–Crippen MR) is 117 cm³/mol. The fourth-order valence-electron chi connectivity index (χ4n) is 3.23. The van der Waals surface area contributed by atoms with Gasteiger partial charge >= 0.3 is 0 Å². The first-order chi connectivity index (χ1) is 15.4. The largest absolute Gasteiger partial charge is 0.350 e. The Bertz CT molecular complexity index is 1240. The van der Waals surface area contributed by atoms with E-state index in [1.807, 2.05) is 0 Å². The zero-order valence-electron chi connectivity index (χ0n) is 18.1. The smallest absolute Gasteiger partial charge is 0.282 e. The highest BCUT2D eigenvalue weighted by Gasteiger charge is 2.41. The van der Waals surface area contributed by atoms with Gasteiger partial charge in [-0.3, -0.25) is 29.4 Å². The third-order valence-corrected chi connectivity index (χ3v) is 7.34. The Labute approximate surface area is 190 Å². The summed E-state index contributed by atoms with van der Waals surface area (Å²) in [4.78, 5) is 48.5. The summed E-state index contributed by atoms with van der Waals surface area (Å²) in [6, 6.07) is 9.47. The molecule has 1 aliphatic heterocycles. The van der Waals surface area contributed by atoms with Crippen molar-refractivity contribution in [3.05, 3.63) is 69.3 Å². The second kappa shape index (κ2) is 9.08. The normalized spacial score (nSPS) is 13.5. The Morgan fingerprint density at radius 3 is 2.33 bits per heavy atom. The van der Waals surface area contributed by atoms with E-state index in [-0.39, 0.29) is 28.6 Å². The molecule has 33 heavy (non-hydrogen) atoms. The van der Waals surface area contributed by atoms with Crippen LogP contribution in [0.5, 0.6) is 0 Å². The fraction of sp³-hybridized carbons (Fsp3) is 0.286. The molecular weight excluding hydrogens is 452 g/mol. The van der Waals surface area contributed by atoms with Gasteiger partial charge in [-0.2, -0.15) is 4.31 Å². The van der Waals surface area contributed by atoms with Gasteiger partial charge in [0.15, 0.2) is 0 Å². The molecule has 2 aromatic rings. The van der Waals surface area contributed by atoms with Crippen molar-refractivity contribution < 1.29 is 27.7 Å². The van der Waals surface area contributed by atoms with Crippen LogP contribution in [0.1, 0.15) is 40.1 Å². The summed E-state index contributed by atoms with van der Waals surface area (Å²) in [6.45, 7) is 2.94. The highest BCUT2D eigenvalue weighted by molar-refractivity contribution is 7.89. The molecule has 0 saturated heterocycles. The van der Waals surface area contributed by atoms with E-state index in [0.717, 1.165) is 6.07 Å². The van der Waals surface area contributed by atoms with Crippen LogP contribution in [-0.4, -0.2) is 59.9 Å². The van der Waals surface area contributed by atoms with E-state index < -0.39 is 44.9 Å². The molecule has 0 aromatic heterocycles. The lowest BCUT2D eigenvalue weighted by Crippen LogP contribution is -2.40. The Morgan fingerprint density at radius 2 is 1.76 bits per heavy atom. The number of nitrogens with one attached hydrogen (secondary N) is 1. The van der Waals surface area contributed by atoms with Crippen LogP contribution in [0.2, 0.25) is 0 Å². The Hall–Kier alpha value is -3.64. The quantitative estimate of drug-likeness (QED) is 0.347. The topological polar surface area (TPSA) is 147 Å². The van der Waals surface area contributed by atoms with E-state index in [9.17, 15) is 32.9 Å². The van der Waals surface area contributed by atoms with E-state index in [0.29, 0.717) is 10.5 Å². The van der Waals surface area contributed by atoms with Gasteiger partial charge < -0.3 is 5.32 Å². The van der Waals surface area contributed by atoms with Gasteiger partial charge in [-0.05, 0) is 37.6 Å². The number of carbonyl (C=O) groups is 3. The van der Waals surface area contributed by atoms with E-state index in [2.05, 4.69) is 5.32 Å². The number of nitro groups is 1. The zero-order chi connectivity index (χ0) is 24.5. The molecule has 1 aliphatic rings. The van der Waals surface area contributed by atoms with Gasteiger partial charge in [0.2, 0.25) is 15.9 Å². The van der Waals surface area contributed by atoms with Crippen molar-refractivity contribution in [2.24, 2.45) is 0 Å². The number of benzene rings is 2. The molecule has 0 atom stereocenters. The molecule has 0 spiro atoms. The zero-order valence-corrected chi connectivity index (χ0v) is 19.0. The Balaban J connectivity index is 1.65. The lowest BCUT2D eigenvalue weighted by atomic mass is 10.1. The van der Waals surface area contributed by atoms with Crippen molar-refractivity contribution in [3.63, 3.8) is 0 Å². The predicted octanol–water partition coefficient (Wildman–Crippen LogP) is 1.54. The summed E-state index contributed by atoms with van der Waals surface area (Å²) < 4.78 is 26.3. The van der Waals surface area contributed by atoms with Crippen molar-refractivity contribution in [1.29, 1.82) is 0 Å². The maximum absolute atomic E-state index is 12.5. The molecule has 1 heterocycles. The molecule has 0 fully saturated rings. The van der Waals surface area contributed by atoms with E-state index in [1.54, 1.807) is 26.0 Å². The van der Waals surface area contributed by atoms with Gasteiger partial charge in [-0.1, -0.05) is 18.2 Å². The minimum absolute atomic E-state index is 0.0303. The van der Waals surface area contributed by atoms with Gasteiger partial charge in [-0.15, -0.1) is 0 Å². The molecule has 1 N–H and O–H groups in total. The van der Waals surface area contributed by atoms with E-state index in [1.165, 1.54) is 35.6 Å². The molecule has 0 unspecified atom stereocenters. The maximum Gasteiger partial charge on any atom is 0.282 e. The molecule has 0 aliphatic carbocycles.